The van der Waals surface area contributed by atoms with Crippen LogP contribution in [-0.2, 0) is 4.79 Å². The number of rotatable bonds is 5. The van der Waals surface area contributed by atoms with Gasteiger partial charge >= 0.3 is 5.97 Å². The maximum Gasteiger partial charge on any atom is 0.336 e. The van der Waals surface area contributed by atoms with Crippen LogP contribution in [0.4, 0.5) is 5.69 Å². The van der Waals surface area contributed by atoms with E-state index in [0.29, 0.717) is 27.6 Å². The lowest BCUT2D eigenvalue weighted by molar-refractivity contribution is -0.112. The Morgan fingerprint density at radius 2 is 1.90 bits per heavy atom. The van der Waals surface area contributed by atoms with E-state index in [0.717, 1.165) is 0 Å². The SMILES string of the molecule is Cc1c(Cl)cccc1NC(=O)C(C#N)=Cc1ccc(-c2ccccc2C(=O)O)o1. The lowest BCUT2D eigenvalue weighted by Crippen LogP contribution is -2.14. The first kappa shape index (κ1) is 19.9. The summed E-state index contributed by atoms with van der Waals surface area (Å²) in [6, 6.07) is 16.5. The first-order valence-corrected chi connectivity index (χ1v) is 8.89. The highest BCUT2D eigenvalue weighted by molar-refractivity contribution is 6.31. The number of halogens is 1. The number of nitrogens with one attached hydrogen (secondary N) is 1. The van der Waals surface area contributed by atoms with Crippen LogP contribution in [0.2, 0.25) is 5.02 Å². The Balaban J connectivity index is 1.88. The Bertz CT molecular complexity index is 1170. The van der Waals surface area contributed by atoms with E-state index in [-0.39, 0.29) is 16.9 Å². The Morgan fingerprint density at radius 1 is 1.14 bits per heavy atom. The van der Waals surface area contributed by atoms with E-state index in [1.165, 1.54) is 12.1 Å². The number of anilines is 1. The van der Waals surface area contributed by atoms with Gasteiger partial charge in [0.1, 0.15) is 23.2 Å². The molecule has 1 heterocycles. The van der Waals surface area contributed by atoms with Crippen molar-refractivity contribution in [2.24, 2.45) is 0 Å². The number of benzene rings is 2. The third-order valence-electron chi connectivity index (χ3n) is 4.22. The number of carboxylic acid groups (broad SMARTS) is 1. The first-order chi connectivity index (χ1) is 13.9. The summed E-state index contributed by atoms with van der Waals surface area (Å²) in [5.41, 5.74) is 1.51. The number of carboxylic acids is 1. The van der Waals surface area contributed by atoms with Gasteiger partial charge < -0.3 is 14.8 Å². The Kier molecular flexibility index (Phi) is 5.82. The molecule has 2 N–H and O–H groups in total. The number of amides is 1. The first-order valence-electron chi connectivity index (χ1n) is 8.51. The number of furan rings is 1. The van der Waals surface area contributed by atoms with Crippen molar-refractivity contribution in [1.82, 2.24) is 0 Å². The van der Waals surface area contributed by atoms with Gasteiger partial charge in [-0.05, 0) is 42.8 Å². The summed E-state index contributed by atoms with van der Waals surface area (Å²) < 4.78 is 5.64. The normalized spacial score (nSPS) is 11.0. The smallest absolute Gasteiger partial charge is 0.336 e. The summed E-state index contributed by atoms with van der Waals surface area (Å²) in [5.74, 6) is -1.13. The van der Waals surface area contributed by atoms with Gasteiger partial charge in [-0.2, -0.15) is 5.26 Å². The van der Waals surface area contributed by atoms with Gasteiger partial charge in [0.15, 0.2) is 0 Å². The number of nitrogens with zero attached hydrogens (tertiary/aromatic N) is 1. The molecule has 3 aromatic rings. The second-order valence-electron chi connectivity index (χ2n) is 6.09. The van der Waals surface area contributed by atoms with Gasteiger partial charge in [0.05, 0.1) is 5.56 Å². The van der Waals surface area contributed by atoms with Gasteiger partial charge in [0, 0.05) is 22.3 Å². The largest absolute Gasteiger partial charge is 0.478 e. The number of aromatic carboxylic acids is 1. The van der Waals surface area contributed by atoms with Crippen LogP contribution in [0.25, 0.3) is 17.4 Å². The molecule has 0 aliphatic heterocycles. The van der Waals surface area contributed by atoms with Gasteiger partial charge in [0.25, 0.3) is 5.91 Å². The quantitative estimate of drug-likeness (QED) is 0.450. The number of hydrogen-bond donors (Lipinski definition) is 2. The third kappa shape index (κ3) is 4.37. The molecule has 7 heteroatoms. The van der Waals surface area contributed by atoms with Gasteiger partial charge in [-0.15, -0.1) is 0 Å². The summed E-state index contributed by atoms with van der Waals surface area (Å²) in [6.45, 7) is 1.76. The van der Waals surface area contributed by atoms with Crippen LogP contribution in [-0.4, -0.2) is 17.0 Å². The fourth-order valence-electron chi connectivity index (χ4n) is 2.68. The summed E-state index contributed by atoms with van der Waals surface area (Å²) in [6.07, 6.45) is 1.29. The fourth-order valence-corrected chi connectivity index (χ4v) is 2.86. The van der Waals surface area contributed by atoms with E-state index in [9.17, 15) is 20.0 Å². The van der Waals surface area contributed by atoms with E-state index in [4.69, 9.17) is 16.0 Å². The summed E-state index contributed by atoms with van der Waals surface area (Å²) in [7, 11) is 0. The van der Waals surface area contributed by atoms with Crippen molar-refractivity contribution in [3.8, 4) is 17.4 Å². The molecule has 29 heavy (non-hydrogen) atoms. The molecule has 144 valence electrons. The second-order valence-corrected chi connectivity index (χ2v) is 6.50. The summed E-state index contributed by atoms with van der Waals surface area (Å²) in [4.78, 5) is 23.8. The minimum Gasteiger partial charge on any atom is -0.478 e. The van der Waals surface area contributed by atoms with Crippen molar-refractivity contribution in [3.05, 3.63) is 82.1 Å². The van der Waals surface area contributed by atoms with Gasteiger partial charge in [-0.1, -0.05) is 35.9 Å². The van der Waals surface area contributed by atoms with E-state index in [2.05, 4.69) is 5.32 Å². The van der Waals surface area contributed by atoms with Crippen molar-refractivity contribution in [1.29, 1.82) is 5.26 Å². The standard InChI is InChI=1S/C22H15ClN2O4/c1-13-18(23)7-4-8-19(13)25-21(26)14(12-24)11-15-9-10-20(29-15)16-5-2-3-6-17(16)22(27)28/h2-11H,1H3,(H,25,26)(H,27,28). The van der Waals surface area contributed by atoms with Gasteiger partial charge in [-0.3, -0.25) is 4.79 Å². The number of carbonyl (C=O) groups excluding carboxylic acids is 1. The molecule has 2 aromatic carbocycles. The Hall–Kier alpha value is -3.82. The van der Waals surface area contributed by atoms with Crippen molar-refractivity contribution in [2.75, 3.05) is 5.32 Å². The molecule has 6 nitrogen and oxygen atoms in total. The van der Waals surface area contributed by atoms with E-state index in [1.807, 2.05) is 6.07 Å². The predicted molar refractivity (Wildman–Crippen MR) is 110 cm³/mol. The van der Waals surface area contributed by atoms with E-state index in [1.54, 1.807) is 55.5 Å². The molecule has 0 fully saturated rings. The zero-order valence-corrected chi connectivity index (χ0v) is 16.0. The lowest BCUT2D eigenvalue weighted by atomic mass is 10.1. The van der Waals surface area contributed by atoms with Crippen LogP contribution in [0, 0.1) is 18.3 Å². The zero-order valence-electron chi connectivity index (χ0n) is 15.3. The topological polar surface area (TPSA) is 103 Å². The maximum absolute atomic E-state index is 12.5. The number of hydrogen-bond acceptors (Lipinski definition) is 4. The molecule has 3 rings (SSSR count). The molecule has 1 aromatic heterocycles. The molecule has 0 bridgehead atoms. The molecular weight excluding hydrogens is 392 g/mol. The minimum atomic E-state index is -1.08. The van der Waals surface area contributed by atoms with Gasteiger partial charge in [-0.25, -0.2) is 4.79 Å². The summed E-state index contributed by atoms with van der Waals surface area (Å²) in [5, 5.41) is 21.8. The molecule has 0 radical (unpaired) electrons. The van der Waals surface area contributed by atoms with Crippen molar-refractivity contribution >= 4 is 35.2 Å². The predicted octanol–water partition coefficient (Wildman–Crippen LogP) is 5.15. The Morgan fingerprint density at radius 3 is 2.62 bits per heavy atom. The monoisotopic (exact) mass is 406 g/mol. The van der Waals surface area contributed by atoms with Crippen LogP contribution in [0.1, 0.15) is 21.7 Å². The molecular formula is C22H15ClN2O4. The molecule has 0 spiro atoms. The van der Waals surface area contributed by atoms with Crippen LogP contribution in [0.3, 0.4) is 0 Å². The van der Waals surface area contributed by atoms with Gasteiger partial charge in [0.2, 0.25) is 0 Å². The third-order valence-corrected chi connectivity index (χ3v) is 4.63. The van der Waals surface area contributed by atoms with E-state index >= 15 is 0 Å². The summed E-state index contributed by atoms with van der Waals surface area (Å²) >= 11 is 6.05. The zero-order chi connectivity index (χ0) is 21.0. The van der Waals surface area contributed by atoms with Crippen LogP contribution in [0.15, 0.2) is 64.6 Å². The molecule has 0 saturated heterocycles. The highest BCUT2D eigenvalue weighted by Crippen LogP contribution is 2.27. The molecule has 0 saturated carbocycles. The molecule has 0 atom stereocenters. The molecule has 1 amide bonds. The Labute approximate surface area is 171 Å². The van der Waals surface area contributed by atoms with Crippen LogP contribution in [0.5, 0.6) is 0 Å². The van der Waals surface area contributed by atoms with Crippen molar-refractivity contribution in [3.63, 3.8) is 0 Å². The molecule has 0 unspecified atom stereocenters. The number of carbonyl (C=O) groups is 2. The highest BCUT2D eigenvalue weighted by Gasteiger charge is 2.16. The molecule has 0 aliphatic rings. The average molecular weight is 407 g/mol. The fraction of sp³-hybridized carbons (Fsp3) is 0.0455. The lowest BCUT2D eigenvalue weighted by Gasteiger charge is -2.08. The van der Waals surface area contributed by atoms with Crippen molar-refractivity contribution < 1.29 is 19.1 Å². The average Bonchev–Trinajstić information content (AvgIpc) is 3.18. The molecule has 0 aliphatic carbocycles. The number of nitriles is 1. The second kappa shape index (κ2) is 8.46. The van der Waals surface area contributed by atoms with Crippen LogP contribution >= 0.6 is 11.6 Å². The highest BCUT2D eigenvalue weighted by atomic mass is 35.5. The van der Waals surface area contributed by atoms with E-state index < -0.39 is 11.9 Å². The minimum absolute atomic E-state index is 0.0899. The maximum atomic E-state index is 12.5. The van der Waals surface area contributed by atoms with Crippen molar-refractivity contribution in [2.45, 2.75) is 6.92 Å². The van der Waals surface area contributed by atoms with Crippen LogP contribution < -0.4 is 5.32 Å².